The summed E-state index contributed by atoms with van der Waals surface area (Å²) in [6, 6.07) is 1.39. The molecule has 3 atom stereocenters. The van der Waals surface area contributed by atoms with Gasteiger partial charge in [-0.15, -0.1) is 0 Å². The minimum atomic E-state index is -0.416. The molecular formula is C17H30N2O3. The van der Waals surface area contributed by atoms with Crippen molar-refractivity contribution in [1.82, 2.24) is 10.2 Å². The Bertz CT molecular complexity index is 403. The minimum Gasteiger partial charge on any atom is -0.444 e. The van der Waals surface area contributed by atoms with E-state index < -0.39 is 5.60 Å². The first-order valence-corrected chi connectivity index (χ1v) is 8.77. The van der Waals surface area contributed by atoms with E-state index in [1.54, 1.807) is 0 Å². The Labute approximate surface area is 133 Å². The first-order valence-electron chi connectivity index (χ1n) is 8.77. The highest BCUT2D eigenvalue weighted by Crippen LogP contribution is 2.37. The quantitative estimate of drug-likeness (QED) is 0.870. The second-order valence-corrected chi connectivity index (χ2v) is 7.99. The zero-order valence-electron chi connectivity index (χ0n) is 14.1. The van der Waals surface area contributed by atoms with Crippen LogP contribution >= 0.6 is 0 Å². The van der Waals surface area contributed by atoms with Crippen LogP contribution in [-0.2, 0) is 9.47 Å². The highest BCUT2D eigenvalue weighted by molar-refractivity contribution is 5.69. The van der Waals surface area contributed by atoms with Crippen molar-refractivity contribution < 1.29 is 14.3 Å². The number of amides is 1. The van der Waals surface area contributed by atoms with Crippen molar-refractivity contribution in [3.8, 4) is 0 Å². The highest BCUT2D eigenvalue weighted by atomic mass is 16.6. The summed E-state index contributed by atoms with van der Waals surface area (Å²) in [6.45, 7) is 8.33. The maximum absolute atomic E-state index is 12.5. The zero-order valence-corrected chi connectivity index (χ0v) is 14.1. The third-order valence-corrected chi connectivity index (χ3v) is 5.08. The molecular weight excluding hydrogens is 280 g/mol. The normalized spacial score (nSPS) is 33.0. The van der Waals surface area contributed by atoms with Gasteiger partial charge in [0, 0.05) is 18.6 Å². The molecule has 0 aromatic rings. The number of carbonyl (C=O) groups is 1. The largest absolute Gasteiger partial charge is 0.444 e. The SMILES string of the molecule is CC(C)(C)OC(=O)N1CCCC1C1CCCC1NC1COC1. The third kappa shape index (κ3) is 3.57. The van der Waals surface area contributed by atoms with Gasteiger partial charge in [-0.3, -0.25) is 0 Å². The summed E-state index contributed by atoms with van der Waals surface area (Å²) in [5, 5.41) is 3.75. The summed E-state index contributed by atoms with van der Waals surface area (Å²) in [5.74, 6) is 0.565. The summed E-state index contributed by atoms with van der Waals surface area (Å²) in [7, 11) is 0. The van der Waals surface area contributed by atoms with E-state index in [0.29, 0.717) is 24.0 Å². The Balaban J connectivity index is 1.62. The van der Waals surface area contributed by atoms with Crippen molar-refractivity contribution in [3.63, 3.8) is 0 Å². The van der Waals surface area contributed by atoms with Gasteiger partial charge in [0.05, 0.1) is 19.3 Å². The van der Waals surface area contributed by atoms with Crippen LogP contribution in [0.25, 0.3) is 0 Å². The monoisotopic (exact) mass is 310 g/mol. The average Bonchev–Trinajstić information content (AvgIpc) is 3.00. The molecule has 126 valence electrons. The maximum atomic E-state index is 12.5. The van der Waals surface area contributed by atoms with Crippen LogP contribution in [0, 0.1) is 5.92 Å². The lowest BCUT2D eigenvalue weighted by molar-refractivity contribution is -0.0156. The summed E-state index contributed by atoms with van der Waals surface area (Å²) in [4.78, 5) is 14.5. The predicted octanol–water partition coefficient (Wildman–Crippen LogP) is 2.54. The van der Waals surface area contributed by atoms with Crippen LogP contribution in [-0.4, -0.2) is 54.5 Å². The van der Waals surface area contributed by atoms with E-state index in [9.17, 15) is 4.79 Å². The van der Waals surface area contributed by atoms with Gasteiger partial charge in [0.25, 0.3) is 0 Å². The number of ether oxygens (including phenoxy) is 2. The lowest BCUT2D eigenvalue weighted by Crippen LogP contribution is -2.54. The van der Waals surface area contributed by atoms with E-state index >= 15 is 0 Å². The fourth-order valence-electron chi connectivity index (χ4n) is 4.08. The van der Waals surface area contributed by atoms with Gasteiger partial charge in [-0.2, -0.15) is 0 Å². The molecule has 5 nitrogen and oxygen atoms in total. The third-order valence-electron chi connectivity index (χ3n) is 5.08. The van der Waals surface area contributed by atoms with Crippen molar-refractivity contribution in [3.05, 3.63) is 0 Å². The molecule has 1 N–H and O–H groups in total. The van der Waals surface area contributed by atoms with Gasteiger partial charge in [-0.1, -0.05) is 6.42 Å². The topological polar surface area (TPSA) is 50.8 Å². The minimum absolute atomic E-state index is 0.132. The van der Waals surface area contributed by atoms with Crippen LogP contribution in [0.4, 0.5) is 4.79 Å². The zero-order chi connectivity index (χ0) is 15.7. The van der Waals surface area contributed by atoms with Gasteiger partial charge in [0.2, 0.25) is 0 Å². The number of rotatable bonds is 3. The molecule has 0 spiro atoms. The predicted molar refractivity (Wildman–Crippen MR) is 84.8 cm³/mol. The smallest absolute Gasteiger partial charge is 0.410 e. The molecule has 2 saturated heterocycles. The van der Waals surface area contributed by atoms with Crippen LogP contribution in [0.1, 0.15) is 52.9 Å². The van der Waals surface area contributed by atoms with Gasteiger partial charge in [0.15, 0.2) is 0 Å². The first-order chi connectivity index (χ1) is 10.4. The number of hydrogen-bond donors (Lipinski definition) is 1. The molecule has 2 heterocycles. The molecule has 0 radical (unpaired) electrons. The van der Waals surface area contributed by atoms with Gasteiger partial charge in [0.1, 0.15) is 5.60 Å². The van der Waals surface area contributed by atoms with Crippen molar-refractivity contribution in [2.45, 2.75) is 76.6 Å². The molecule has 1 aliphatic carbocycles. The van der Waals surface area contributed by atoms with Gasteiger partial charge >= 0.3 is 6.09 Å². The molecule has 0 aromatic carbocycles. The molecule has 22 heavy (non-hydrogen) atoms. The van der Waals surface area contributed by atoms with Crippen LogP contribution in [0.2, 0.25) is 0 Å². The lowest BCUT2D eigenvalue weighted by Gasteiger charge is -2.37. The Morgan fingerprint density at radius 1 is 1.18 bits per heavy atom. The molecule has 1 saturated carbocycles. The van der Waals surface area contributed by atoms with Gasteiger partial charge in [-0.05, 0) is 52.4 Å². The van der Waals surface area contributed by atoms with Gasteiger partial charge < -0.3 is 19.7 Å². The van der Waals surface area contributed by atoms with Crippen molar-refractivity contribution >= 4 is 6.09 Å². The standard InChI is InChI=1S/C17H30N2O3/c1-17(2,3)22-16(20)19-9-5-8-15(19)13-6-4-7-14(13)18-12-10-21-11-12/h12-15,18H,4-11H2,1-3H3. The maximum Gasteiger partial charge on any atom is 0.410 e. The molecule has 3 unspecified atom stereocenters. The van der Waals surface area contributed by atoms with E-state index in [-0.39, 0.29) is 6.09 Å². The van der Waals surface area contributed by atoms with Gasteiger partial charge in [-0.25, -0.2) is 4.79 Å². The van der Waals surface area contributed by atoms with Crippen LogP contribution in [0.15, 0.2) is 0 Å². The highest BCUT2D eigenvalue weighted by Gasteiger charge is 2.42. The summed E-state index contributed by atoms with van der Waals surface area (Å²) >= 11 is 0. The van der Waals surface area contributed by atoms with E-state index in [4.69, 9.17) is 9.47 Å². The number of likely N-dealkylation sites (tertiary alicyclic amines) is 1. The van der Waals surface area contributed by atoms with Crippen molar-refractivity contribution in [2.75, 3.05) is 19.8 Å². The number of hydrogen-bond acceptors (Lipinski definition) is 4. The molecule has 2 aliphatic heterocycles. The molecule has 0 aromatic heterocycles. The number of nitrogens with one attached hydrogen (secondary N) is 1. The molecule has 1 amide bonds. The number of nitrogens with zero attached hydrogens (tertiary/aromatic N) is 1. The Hall–Kier alpha value is -0.810. The molecule has 5 heteroatoms. The molecule has 3 rings (SSSR count). The Morgan fingerprint density at radius 3 is 2.59 bits per heavy atom. The fraction of sp³-hybridized carbons (Fsp3) is 0.941. The molecule has 3 fully saturated rings. The second-order valence-electron chi connectivity index (χ2n) is 7.99. The van der Waals surface area contributed by atoms with Crippen LogP contribution in [0.5, 0.6) is 0 Å². The Kier molecular flexibility index (Phi) is 4.64. The first kappa shape index (κ1) is 16.1. The summed E-state index contributed by atoms with van der Waals surface area (Å²) < 4.78 is 10.9. The second kappa shape index (κ2) is 6.36. The number of carbonyl (C=O) groups excluding carboxylic acids is 1. The fourth-order valence-corrected chi connectivity index (χ4v) is 4.08. The summed E-state index contributed by atoms with van der Waals surface area (Å²) in [6.07, 6.45) is 5.78. The Morgan fingerprint density at radius 2 is 1.95 bits per heavy atom. The van der Waals surface area contributed by atoms with E-state index in [1.165, 1.54) is 19.3 Å². The lowest BCUT2D eigenvalue weighted by atomic mass is 9.91. The van der Waals surface area contributed by atoms with Crippen LogP contribution < -0.4 is 5.32 Å². The average molecular weight is 310 g/mol. The van der Waals surface area contributed by atoms with E-state index in [1.807, 2.05) is 25.7 Å². The molecule has 3 aliphatic rings. The molecule has 0 bridgehead atoms. The van der Waals surface area contributed by atoms with Crippen LogP contribution in [0.3, 0.4) is 0 Å². The van der Waals surface area contributed by atoms with E-state index in [2.05, 4.69) is 5.32 Å². The summed E-state index contributed by atoms with van der Waals surface area (Å²) in [5.41, 5.74) is -0.416. The van der Waals surface area contributed by atoms with Crippen molar-refractivity contribution in [1.29, 1.82) is 0 Å². The van der Waals surface area contributed by atoms with E-state index in [0.717, 1.165) is 32.6 Å². The van der Waals surface area contributed by atoms with Crippen molar-refractivity contribution in [2.24, 2.45) is 5.92 Å².